The Kier molecular flexibility index (Phi) is 16.9. The van der Waals surface area contributed by atoms with E-state index in [0.29, 0.717) is 62.0 Å². The van der Waals surface area contributed by atoms with Crippen LogP contribution in [0.5, 0.6) is 0 Å². The van der Waals surface area contributed by atoms with Gasteiger partial charge in [-0.25, -0.2) is 14.2 Å². The highest BCUT2D eigenvalue weighted by molar-refractivity contribution is 7.71. The number of esters is 1. The number of halogens is 1. The Morgan fingerprint density at radius 3 is 2.30 bits per heavy atom. The quantitative estimate of drug-likeness (QED) is 0.0149. The number of aliphatic hydroxyl groups is 1. The summed E-state index contributed by atoms with van der Waals surface area (Å²) in [6, 6.07) is 9.98. The SMILES string of the molecule is CC[C@@]1(O)C(=O)OCc2c1cc1n(c2=S)Cc2c-1nc1cc(F)c(C)c3c1c2C(NC(=O)COCNC(=O)CNC(=O)C(Cc1ccccc1)NC(=O)CNC(=O)CNC(=O)CCNC(=O)CCN1C(=O)C=CC1=O)CC3. The topological polar surface area (TPSA) is 315 Å². The van der Waals surface area contributed by atoms with Gasteiger partial charge in [-0.1, -0.05) is 49.5 Å². The zero-order chi connectivity index (χ0) is 55.1. The summed E-state index contributed by atoms with van der Waals surface area (Å²) >= 11 is 5.90. The van der Waals surface area contributed by atoms with E-state index in [1.54, 1.807) is 50.2 Å². The fourth-order valence-corrected chi connectivity index (χ4v) is 9.98. The van der Waals surface area contributed by atoms with Gasteiger partial charge in [-0.2, -0.15) is 0 Å². The molecule has 1 aliphatic carbocycles. The summed E-state index contributed by atoms with van der Waals surface area (Å²) in [5.74, 6) is -6.73. The van der Waals surface area contributed by atoms with Crippen LogP contribution in [0.3, 0.4) is 0 Å². The Morgan fingerprint density at radius 2 is 1.56 bits per heavy atom. The molecule has 23 nitrogen and oxygen atoms in total. The summed E-state index contributed by atoms with van der Waals surface area (Å²) in [6.45, 7) is 0.815. The number of pyridine rings is 2. The van der Waals surface area contributed by atoms with Gasteiger partial charge < -0.3 is 56.4 Å². The van der Waals surface area contributed by atoms with Crippen LogP contribution in [0.1, 0.15) is 77.6 Å². The van der Waals surface area contributed by atoms with Gasteiger partial charge >= 0.3 is 5.97 Å². The number of nitrogens with one attached hydrogen (secondary N) is 7. The van der Waals surface area contributed by atoms with Gasteiger partial charge in [0.15, 0.2) is 5.60 Å². The van der Waals surface area contributed by atoms with Crippen LogP contribution in [-0.2, 0) is 89.0 Å². The van der Waals surface area contributed by atoms with E-state index in [4.69, 9.17) is 26.7 Å². The Bertz CT molecular complexity index is 3200. The minimum atomic E-state index is -1.93. The van der Waals surface area contributed by atoms with E-state index < -0.39 is 116 Å². The third kappa shape index (κ3) is 12.2. The second-order valence-corrected chi connectivity index (χ2v) is 19.0. The van der Waals surface area contributed by atoms with Crippen molar-refractivity contribution in [1.29, 1.82) is 0 Å². The van der Waals surface area contributed by atoms with E-state index in [9.17, 15) is 53.1 Å². The molecule has 2 unspecified atom stereocenters. The lowest BCUT2D eigenvalue weighted by molar-refractivity contribution is -0.172. The fourth-order valence-electron chi connectivity index (χ4n) is 9.65. The molecule has 3 atom stereocenters. The van der Waals surface area contributed by atoms with Gasteiger partial charge in [0.2, 0.25) is 41.4 Å². The Morgan fingerprint density at radius 1 is 0.870 bits per heavy atom. The molecule has 5 heterocycles. The maximum Gasteiger partial charge on any atom is 0.343 e. The van der Waals surface area contributed by atoms with E-state index in [0.717, 1.165) is 33.7 Å². The van der Waals surface area contributed by atoms with Crippen molar-refractivity contribution in [2.24, 2.45) is 0 Å². The van der Waals surface area contributed by atoms with E-state index in [1.807, 2.05) is 4.57 Å². The Hall–Kier alpha value is -8.29. The predicted molar refractivity (Wildman–Crippen MR) is 271 cm³/mol. The lowest BCUT2D eigenvalue weighted by atomic mass is 9.81. The lowest BCUT2D eigenvalue weighted by Crippen LogP contribution is -2.52. The normalized spacial score (nSPS) is 17.1. The molecule has 77 heavy (non-hydrogen) atoms. The van der Waals surface area contributed by atoms with Crippen LogP contribution in [0.2, 0.25) is 0 Å². The summed E-state index contributed by atoms with van der Waals surface area (Å²) < 4.78 is 28.4. The van der Waals surface area contributed by atoms with Crippen molar-refractivity contribution >= 4 is 82.3 Å². The van der Waals surface area contributed by atoms with Crippen molar-refractivity contribution in [2.45, 2.75) is 83.2 Å². The number of ether oxygens (including phenoxy) is 2. The third-order valence-electron chi connectivity index (χ3n) is 13.7. The molecule has 3 aliphatic heterocycles. The molecule has 0 bridgehead atoms. The number of carbonyl (C=O) groups is 10. The number of aryl methyl sites for hydroxylation is 1. The van der Waals surface area contributed by atoms with E-state index in [2.05, 4.69) is 37.2 Å². The average Bonchev–Trinajstić information content (AvgIpc) is 3.95. The molecule has 8 N–H and O–H groups in total. The minimum Gasteiger partial charge on any atom is -0.458 e. The number of hydrogen-bond acceptors (Lipinski definition) is 15. The Labute approximate surface area is 444 Å². The van der Waals surface area contributed by atoms with Crippen LogP contribution >= 0.6 is 12.2 Å². The predicted octanol–water partition coefficient (Wildman–Crippen LogP) is -0.0123. The van der Waals surface area contributed by atoms with Crippen molar-refractivity contribution in [3.05, 3.63) is 104 Å². The first-order chi connectivity index (χ1) is 36.9. The highest BCUT2D eigenvalue weighted by Crippen LogP contribution is 2.47. The largest absolute Gasteiger partial charge is 0.458 e. The fraction of sp³-hybridized carbons (Fsp3) is 0.385. The van der Waals surface area contributed by atoms with Crippen molar-refractivity contribution in [3.8, 4) is 11.4 Å². The van der Waals surface area contributed by atoms with Crippen LogP contribution in [0, 0.1) is 17.4 Å². The molecule has 4 aromatic rings. The molecule has 0 spiro atoms. The second kappa shape index (κ2) is 23.7. The van der Waals surface area contributed by atoms with Crippen LogP contribution in [0.4, 0.5) is 4.39 Å². The molecule has 2 aromatic heterocycles. The maximum absolute atomic E-state index is 15.4. The number of carbonyl (C=O) groups excluding carboxylic acids is 10. The number of rotatable bonds is 22. The number of hydrogen-bond donors (Lipinski definition) is 8. The molecule has 0 fully saturated rings. The smallest absolute Gasteiger partial charge is 0.343 e. The van der Waals surface area contributed by atoms with Crippen LogP contribution in [0.15, 0.2) is 54.6 Å². The van der Waals surface area contributed by atoms with Gasteiger partial charge in [0.25, 0.3) is 11.8 Å². The monoisotopic (exact) mass is 1080 g/mol. The van der Waals surface area contributed by atoms with Crippen molar-refractivity contribution in [3.63, 3.8) is 0 Å². The van der Waals surface area contributed by atoms with Crippen LogP contribution < -0.4 is 37.2 Å². The van der Waals surface area contributed by atoms with Gasteiger partial charge in [0.05, 0.1) is 49.1 Å². The molecule has 25 heteroatoms. The summed E-state index contributed by atoms with van der Waals surface area (Å²) in [5.41, 5.74) is 3.66. The minimum absolute atomic E-state index is 0.0188. The zero-order valence-electron chi connectivity index (χ0n) is 41.9. The number of benzene rings is 2. The number of cyclic esters (lactones) is 1. The molecule has 404 valence electrons. The van der Waals surface area contributed by atoms with Gasteiger partial charge in [-0.15, -0.1) is 0 Å². The summed E-state index contributed by atoms with van der Waals surface area (Å²) in [7, 11) is 0. The van der Waals surface area contributed by atoms with Crippen molar-refractivity contribution in [2.75, 3.05) is 46.1 Å². The number of nitrogens with zero attached hydrogens (tertiary/aromatic N) is 3. The molecule has 2 aromatic carbocycles. The van der Waals surface area contributed by atoms with Gasteiger partial charge in [-0.05, 0) is 54.5 Å². The van der Waals surface area contributed by atoms with E-state index in [1.165, 1.54) is 6.07 Å². The highest BCUT2D eigenvalue weighted by Gasteiger charge is 2.45. The third-order valence-corrected chi connectivity index (χ3v) is 14.2. The number of amides is 9. The molecular formula is C52H55FN10O13S. The molecule has 0 saturated heterocycles. The molecule has 9 amide bonds. The maximum atomic E-state index is 15.4. The molecular weight excluding hydrogens is 1020 g/mol. The van der Waals surface area contributed by atoms with Crippen LogP contribution in [0.25, 0.3) is 22.3 Å². The molecule has 4 aliphatic rings. The lowest BCUT2D eigenvalue weighted by Gasteiger charge is -2.32. The van der Waals surface area contributed by atoms with Gasteiger partial charge in [-0.3, -0.25) is 48.1 Å². The summed E-state index contributed by atoms with van der Waals surface area (Å²) in [4.78, 5) is 131. The number of aromatic nitrogens is 2. The molecule has 8 rings (SSSR count). The van der Waals surface area contributed by atoms with Crippen LogP contribution in [-0.4, -0.2) is 131 Å². The number of fused-ring (bicyclic) bond motifs is 5. The average molecular weight is 1080 g/mol. The standard InChI is InChI=1S/C52H55FN10O13S/c1-3-52(74)32-18-37-48-30(23-63(37)50(77)31(32)24-76-51(52)73)47-34(10-9-29-27(2)33(53)19-35(61-48)46(29)47)59-43(69)25-75-26-58-41(67)21-57-49(72)36(17-28-7-5-4-6-8-28)60-42(68)22-56-40(66)20-55-38(64)13-15-54-39(65)14-16-62-44(70)11-12-45(62)71/h4-8,11-12,18-19,34,36,74H,3,9-10,13-17,20-26H2,1-2H3,(H,54,65)(H,55,64)(H,56,66)(H,57,72)(H,58,67)(H,59,69)(H,60,68)/t34?,36?,52-/m0/s1. The van der Waals surface area contributed by atoms with Gasteiger partial charge in [0.1, 0.15) is 36.4 Å². The summed E-state index contributed by atoms with van der Waals surface area (Å²) in [5, 5.41) is 29.9. The second-order valence-electron chi connectivity index (χ2n) is 18.7. The van der Waals surface area contributed by atoms with E-state index in [-0.39, 0.29) is 51.9 Å². The first-order valence-electron chi connectivity index (χ1n) is 24.8. The van der Waals surface area contributed by atoms with Crippen molar-refractivity contribution < 1.29 is 66.9 Å². The molecule has 0 radical (unpaired) electrons. The first-order valence-corrected chi connectivity index (χ1v) is 25.2. The van der Waals surface area contributed by atoms with Crippen molar-refractivity contribution in [1.82, 2.24) is 51.7 Å². The summed E-state index contributed by atoms with van der Waals surface area (Å²) in [6.07, 6.45) is 2.76. The first kappa shape index (κ1) is 55.0. The highest BCUT2D eigenvalue weighted by atomic mass is 32.1. The zero-order valence-corrected chi connectivity index (χ0v) is 42.7. The Balaban J connectivity index is 0.796. The molecule has 0 saturated carbocycles. The van der Waals surface area contributed by atoms with E-state index >= 15 is 4.39 Å². The van der Waals surface area contributed by atoms with Gasteiger partial charge in [0, 0.05) is 72.6 Å². The number of imide groups is 1.